The van der Waals surface area contributed by atoms with Gasteiger partial charge >= 0.3 is 0 Å². The highest BCUT2D eigenvalue weighted by Crippen LogP contribution is 2.41. The lowest BCUT2D eigenvalue weighted by Gasteiger charge is -2.33. The molecule has 7 heteroatoms. The topological polar surface area (TPSA) is 77.1 Å². The zero-order chi connectivity index (χ0) is 23.1. The third-order valence-electron chi connectivity index (χ3n) is 6.40. The maximum absolute atomic E-state index is 13.3. The van der Waals surface area contributed by atoms with Crippen molar-refractivity contribution in [2.75, 3.05) is 41.5 Å². The Bertz CT molecular complexity index is 863. The number of carbonyl (C=O) groups is 2. The summed E-state index contributed by atoms with van der Waals surface area (Å²) in [6.07, 6.45) is 11.9. The predicted octanol–water partition coefficient (Wildman–Crippen LogP) is 3.39. The number of Topliss-reactive ketones (excluding diaryl/α,β-unsaturated/α-hetero) is 1. The van der Waals surface area contributed by atoms with Gasteiger partial charge < -0.3 is 24.4 Å². The van der Waals surface area contributed by atoms with E-state index in [1.165, 1.54) is 21.3 Å². The van der Waals surface area contributed by atoms with Crippen LogP contribution in [-0.4, -0.2) is 64.1 Å². The molecule has 0 aromatic heterocycles. The zero-order valence-corrected chi connectivity index (χ0v) is 19.5. The summed E-state index contributed by atoms with van der Waals surface area (Å²) in [6.45, 7) is 1.49. The van der Waals surface area contributed by atoms with Gasteiger partial charge in [-0.3, -0.25) is 9.59 Å². The molecule has 1 amide bonds. The van der Waals surface area contributed by atoms with E-state index in [9.17, 15) is 9.59 Å². The van der Waals surface area contributed by atoms with Crippen LogP contribution >= 0.6 is 0 Å². The van der Waals surface area contributed by atoms with E-state index in [1.54, 1.807) is 17.0 Å². The first-order valence-corrected chi connectivity index (χ1v) is 11.1. The van der Waals surface area contributed by atoms with Gasteiger partial charge in [-0.1, -0.05) is 24.3 Å². The van der Waals surface area contributed by atoms with E-state index in [4.69, 9.17) is 14.2 Å². The second-order valence-corrected chi connectivity index (χ2v) is 8.53. The highest BCUT2D eigenvalue weighted by atomic mass is 16.5. The van der Waals surface area contributed by atoms with E-state index in [0.29, 0.717) is 42.2 Å². The zero-order valence-electron chi connectivity index (χ0n) is 19.5. The summed E-state index contributed by atoms with van der Waals surface area (Å²) < 4.78 is 16.2. The maximum atomic E-state index is 13.3. The van der Waals surface area contributed by atoms with E-state index in [-0.39, 0.29) is 23.1 Å². The molecular formula is C25H34N2O5. The third-order valence-corrected chi connectivity index (χ3v) is 6.40. The highest BCUT2D eigenvalue weighted by molar-refractivity contribution is 5.98. The van der Waals surface area contributed by atoms with Crippen LogP contribution in [-0.2, 0) is 4.79 Å². The van der Waals surface area contributed by atoms with Crippen molar-refractivity contribution in [2.24, 2.45) is 5.41 Å². The van der Waals surface area contributed by atoms with Crippen molar-refractivity contribution in [2.45, 2.75) is 38.1 Å². The van der Waals surface area contributed by atoms with E-state index in [1.807, 2.05) is 19.2 Å². The van der Waals surface area contributed by atoms with Crippen molar-refractivity contribution in [3.63, 3.8) is 0 Å². The summed E-state index contributed by atoms with van der Waals surface area (Å²) in [4.78, 5) is 27.8. The first-order chi connectivity index (χ1) is 15.4. The molecule has 1 aromatic rings. The average Bonchev–Trinajstić information content (AvgIpc) is 3.36. The van der Waals surface area contributed by atoms with Crippen LogP contribution in [0.5, 0.6) is 17.2 Å². The van der Waals surface area contributed by atoms with Crippen molar-refractivity contribution < 1.29 is 23.8 Å². The summed E-state index contributed by atoms with van der Waals surface area (Å²) in [5.41, 5.74) is 0.172. The highest BCUT2D eigenvalue weighted by Gasteiger charge is 2.33. The fraction of sp³-hybridized carbons (Fsp3) is 0.520. The summed E-state index contributed by atoms with van der Waals surface area (Å²) in [5.74, 6) is 1.50. The van der Waals surface area contributed by atoms with Gasteiger partial charge in [-0.05, 0) is 44.4 Å². The Balaban J connectivity index is 1.75. The Morgan fingerprint density at radius 3 is 2.38 bits per heavy atom. The molecule has 0 bridgehead atoms. The molecule has 1 aliphatic heterocycles. The number of carbonyl (C=O) groups excluding carboxylic acids is 2. The van der Waals surface area contributed by atoms with Crippen LogP contribution in [0.25, 0.3) is 0 Å². The number of ether oxygens (including phenoxy) is 3. The van der Waals surface area contributed by atoms with E-state index < -0.39 is 0 Å². The standard InChI is InChI=1S/C25H34N2O5/c1-27(24(29)19-9-8-13-26-19)14-12-25(10-6-5-7-11-25)17-20(28)18-15-21(30-2)23(32-4)22(16-18)31-3/h5-7,10,15-16,19,26H,8-9,11-14,17H2,1-4H3/t19-,25?/m0/s1. The minimum Gasteiger partial charge on any atom is -0.493 e. The monoisotopic (exact) mass is 442 g/mol. The normalized spacial score (nSPS) is 21.9. The van der Waals surface area contributed by atoms with Gasteiger partial charge in [0.2, 0.25) is 11.7 Å². The van der Waals surface area contributed by atoms with Gasteiger partial charge in [-0.2, -0.15) is 0 Å². The molecule has 0 spiro atoms. The van der Waals surface area contributed by atoms with Crippen molar-refractivity contribution >= 4 is 11.7 Å². The smallest absolute Gasteiger partial charge is 0.239 e. The van der Waals surface area contributed by atoms with Gasteiger partial charge in [-0.15, -0.1) is 0 Å². The van der Waals surface area contributed by atoms with Gasteiger partial charge in [0.05, 0.1) is 27.4 Å². The Morgan fingerprint density at radius 2 is 1.84 bits per heavy atom. The fourth-order valence-electron chi connectivity index (χ4n) is 4.44. The molecule has 1 aliphatic carbocycles. The van der Waals surface area contributed by atoms with Gasteiger partial charge in [0.1, 0.15) is 0 Å². The number of nitrogens with zero attached hydrogens (tertiary/aromatic N) is 1. The van der Waals surface area contributed by atoms with Gasteiger partial charge in [0.25, 0.3) is 0 Å². The number of likely N-dealkylation sites (N-methyl/N-ethyl adjacent to an activating group) is 1. The summed E-state index contributed by atoms with van der Waals surface area (Å²) >= 11 is 0. The van der Waals surface area contributed by atoms with Crippen molar-refractivity contribution in [1.29, 1.82) is 0 Å². The molecule has 1 fully saturated rings. The number of amides is 1. The average molecular weight is 443 g/mol. The summed E-state index contributed by atoms with van der Waals surface area (Å²) in [5, 5.41) is 3.26. The summed E-state index contributed by atoms with van der Waals surface area (Å²) in [6, 6.07) is 3.31. The van der Waals surface area contributed by atoms with Crippen LogP contribution in [0.4, 0.5) is 0 Å². The number of nitrogens with one attached hydrogen (secondary N) is 1. The minimum atomic E-state index is -0.343. The molecule has 1 N–H and O–H groups in total. The Morgan fingerprint density at radius 1 is 1.12 bits per heavy atom. The lowest BCUT2D eigenvalue weighted by Crippen LogP contribution is -2.43. The second-order valence-electron chi connectivity index (χ2n) is 8.53. The molecule has 1 heterocycles. The molecule has 174 valence electrons. The molecule has 2 aliphatic rings. The van der Waals surface area contributed by atoms with Crippen molar-refractivity contribution in [3.05, 3.63) is 42.0 Å². The Labute approximate surface area is 190 Å². The quantitative estimate of drug-likeness (QED) is 0.560. The number of hydrogen-bond acceptors (Lipinski definition) is 6. The fourth-order valence-corrected chi connectivity index (χ4v) is 4.44. The molecule has 0 saturated carbocycles. The van der Waals surface area contributed by atoms with Gasteiger partial charge in [0, 0.05) is 31.0 Å². The molecule has 2 atom stereocenters. The van der Waals surface area contributed by atoms with Gasteiger partial charge in [-0.25, -0.2) is 0 Å². The summed E-state index contributed by atoms with van der Waals surface area (Å²) in [7, 11) is 6.45. The molecule has 7 nitrogen and oxygen atoms in total. The minimum absolute atomic E-state index is 0.00403. The number of ketones is 1. The predicted molar refractivity (Wildman–Crippen MR) is 124 cm³/mol. The molecule has 0 radical (unpaired) electrons. The van der Waals surface area contributed by atoms with Crippen LogP contribution < -0.4 is 19.5 Å². The SMILES string of the molecule is COc1cc(C(=O)CC2(CCN(C)C(=O)[C@@H]3CCCN3)C=CC=CC2)cc(OC)c1OC. The number of hydrogen-bond donors (Lipinski definition) is 1. The van der Waals surface area contributed by atoms with Crippen molar-refractivity contribution in [3.8, 4) is 17.2 Å². The largest absolute Gasteiger partial charge is 0.493 e. The van der Waals surface area contributed by atoms with Crippen LogP contribution in [0.3, 0.4) is 0 Å². The first-order valence-electron chi connectivity index (χ1n) is 11.1. The molecule has 3 rings (SSSR count). The second kappa shape index (κ2) is 10.7. The molecule has 1 unspecified atom stereocenters. The molecule has 32 heavy (non-hydrogen) atoms. The molecule has 1 aromatic carbocycles. The lowest BCUT2D eigenvalue weighted by molar-refractivity contribution is -0.132. The van der Waals surface area contributed by atoms with E-state index >= 15 is 0 Å². The lowest BCUT2D eigenvalue weighted by atomic mass is 9.74. The number of methoxy groups -OCH3 is 3. The maximum Gasteiger partial charge on any atom is 0.239 e. The number of rotatable bonds is 10. The van der Waals surface area contributed by atoms with Crippen LogP contribution in [0.2, 0.25) is 0 Å². The number of benzene rings is 1. The third kappa shape index (κ3) is 5.33. The van der Waals surface area contributed by atoms with Crippen LogP contribution in [0, 0.1) is 5.41 Å². The van der Waals surface area contributed by atoms with Crippen LogP contribution in [0.1, 0.15) is 42.5 Å². The van der Waals surface area contributed by atoms with E-state index in [2.05, 4.69) is 17.5 Å². The van der Waals surface area contributed by atoms with Crippen molar-refractivity contribution in [1.82, 2.24) is 10.2 Å². The van der Waals surface area contributed by atoms with Gasteiger partial charge in [0.15, 0.2) is 17.3 Å². The van der Waals surface area contributed by atoms with E-state index in [0.717, 1.165) is 25.8 Å². The van der Waals surface area contributed by atoms with Crippen LogP contribution in [0.15, 0.2) is 36.4 Å². The Hall–Kier alpha value is -2.80. The Kier molecular flexibility index (Phi) is 7.96. The number of allylic oxidation sites excluding steroid dienone is 4. The molecule has 1 saturated heterocycles. The first kappa shape index (κ1) is 23.9. The molecular weight excluding hydrogens is 408 g/mol.